The van der Waals surface area contributed by atoms with Crippen LogP contribution in [0.25, 0.3) is 0 Å². The third-order valence-corrected chi connectivity index (χ3v) is 3.34. The third kappa shape index (κ3) is 5.07. The molecule has 7 nitrogen and oxygen atoms in total. The predicted molar refractivity (Wildman–Crippen MR) is 94.9 cm³/mol. The summed E-state index contributed by atoms with van der Waals surface area (Å²) in [5.41, 5.74) is 1.23. The molecule has 2 rings (SSSR count). The molecule has 0 aromatic heterocycles. The number of ether oxygens (including phenoxy) is 3. The molecule has 26 heavy (non-hydrogen) atoms. The molecule has 0 atom stereocenters. The highest BCUT2D eigenvalue weighted by Gasteiger charge is 2.11. The molecule has 0 bridgehead atoms. The zero-order valence-electron chi connectivity index (χ0n) is 14.5. The Morgan fingerprint density at radius 3 is 2.62 bits per heavy atom. The minimum atomic E-state index is -0.458. The number of hydrogen-bond acceptors (Lipinski definition) is 6. The number of hydrogen-bond donors (Lipinski definition) is 1. The van der Waals surface area contributed by atoms with Crippen molar-refractivity contribution >= 4 is 23.9 Å². The summed E-state index contributed by atoms with van der Waals surface area (Å²) in [6, 6.07) is 11.1. The predicted octanol–water partition coefficient (Wildman–Crippen LogP) is 2.70. The maximum absolute atomic E-state index is 12.1. The van der Waals surface area contributed by atoms with Crippen molar-refractivity contribution in [2.75, 3.05) is 25.6 Å². The van der Waals surface area contributed by atoms with Gasteiger partial charge >= 0.3 is 5.97 Å². The molecule has 0 spiro atoms. The molecular weight excluding hydrogens is 338 g/mol. The monoisotopic (exact) mass is 357 g/mol. The van der Waals surface area contributed by atoms with Crippen LogP contribution in [0, 0.1) is 0 Å². The highest BCUT2D eigenvalue weighted by molar-refractivity contribution is 5.95. The van der Waals surface area contributed by atoms with Gasteiger partial charge in [0.25, 0.3) is 5.91 Å². The second-order valence-electron chi connectivity index (χ2n) is 5.17. The Balaban J connectivity index is 1.98. The molecule has 0 aliphatic heterocycles. The fourth-order valence-electron chi connectivity index (χ4n) is 2.16. The van der Waals surface area contributed by atoms with E-state index in [2.05, 4.69) is 5.32 Å². The van der Waals surface area contributed by atoms with E-state index in [1.807, 2.05) is 0 Å². The van der Waals surface area contributed by atoms with Crippen molar-refractivity contribution < 1.29 is 28.6 Å². The highest BCUT2D eigenvalue weighted by atomic mass is 16.5. The summed E-state index contributed by atoms with van der Waals surface area (Å²) in [7, 11) is 1.44. The minimum Gasteiger partial charge on any atom is -0.493 e. The van der Waals surface area contributed by atoms with Crippen molar-refractivity contribution in [3.63, 3.8) is 0 Å². The van der Waals surface area contributed by atoms with Crippen LogP contribution in [0.5, 0.6) is 11.5 Å². The Bertz CT molecular complexity index is 802. The zero-order chi connectivity index (χ0) is 18.9. The Morgan fingerprint density at radius 2 is 1.92 bits per heavy atom. The van der Waals surface area contributed by atoms with Gasteiger partial charge in [-0.1, -0.05) is 6.07 Å². The van der Waals surface area contributed by atoms with Crippen LogP contribution in [0.4, 0.5) is 5.69 Å². The number of anilines is 1. The molecule has 0 saturated carbocycles. The first-order valence-electron chi connectivity index (χ1n) is 7.90. The van der Waals surface area contributed by atoms with Crippen molar-refractivity contribution in [2.24, 2.45) is 0 Å². The maximum atomic E-state index is 12.1. The van der Waals surface area contributed by atoms with Crippen LogP contribution in [0.2, 0.25) is 0 Å². The second-order valence-corrected chi connectivity index (χ2v) is 5.17. The molecule has 7 heteroatoms. The Hall–Kier alpha value is -3.35. The van der Waals surface area contributed by atoms with Crippen LogP contribution in [0.3, 0.4) is 0 Å². The number of benzene rings is 2. The van der Waals surface area contributed by atoms with E-state index < -0.39 is 11.9 Å². The standard InChI is InChI=1S/C19H19NO6/c1-3-25-19(23)14-5-4-6-15(10-14)20-18(22)12-26-16-8-7-13(11-21)9-17(16)24-2/h4-11H,3,12H2,1-2H3,(H,20,22). The number of esters is 1. The van der Waals surface area contributed by atoms with E-state index in [0.717, 1.165) is 0 Å². The van der Waals surface area contributed by atoms with Crippen LogP contribution >= 0.6 is 0 Å². The topological polar surface area (TPSA) is 90.9 Å². The number of carbonyl (C=O) groups excluding carboxylic acids is 3. The quantitative estimate of drug-likeness (QED) is 0.577. The van der Waals surface area contributed by atoms with Gasteiger partial charge in [0, 0.05) is 11.3 Å². The molecule has 0 aliphatic rings. The van der Waals surface area contributed by atoms with E-state index in [1.54, 1.807) is 37.3 Å². The first kappa shape index (κ1) is 19.0. The zero-order valence-corrected chi connectivity index (χ0v) is 14.5. The normalized spacial score (nSPS) is 9.92. The smallest absolute Gasteiger partial charge is 0.338 e. The summed E-state index contributed by atoms with van der Waals surface area (Å²) in [4.78, 5) is 34.6. The first-order valence-corrected chi connectivity index (χ1v) is 7.90. The second kappa shape index (κ2) is 9.22. The highest BCUT2D eigenvalue weighted by Crippen LogP contribution is 2.27. The molecule has 0 unspecified atom stereocenters. The molecule has 1 N–H and O–H groups in total. The molecule has 0 aliphatic carbocycles. The largest absolute Gasteiger partial charge is 0.493 e. The lowest BCUT2D eigenvalue weighted by Gasteiger charge is -2.11. The molecule has 2 aromatic rings. The molecule has 2 aromatic carbocycles. The fourth-order valence-corrected chi connectivity index (χ4v) is 2.16. The lowest BCUT2D eigenvalue weighted by molar-refractivity contribution is -0.118. The average Bonchev–Trinajstić information content (AvgIpc) is 2.66. The van der Waals surface area contributed by atoms with Gasteiger partial charge in [-0.15, -0.1) is 0 Å². The molecule has 136 valence electrons. The van der Waals surface area contributed by atoms with Crippen molar-refractivity contribution in [1.82, 2.24) is 0 Å². The van der Waals surface area contributed by atoms with E-state index in [0.29, 0.717) is 34.6 Å². The van der Waals surface area contributed by atoms with Crippen molar-refractivity contribution in [2.45, 2.75) is 6.92 Å². The summed E-state index contributed by atoms with van der Waals surface area (Å²) in [5, 5.41) is 2.64. The number of aldehydes is 1. The van der Waals surface area contributed by atoms with Crippen molar-refractivity contribution in [3.8, 4) is 11.5 Å². The van der Waals surface area contributed by atoms with Gasteiger partial charge in [-0.05, 0) is 43.3 Å². The van der Waals surface area contributed by atoms with E-state index in [-0.39, 0.29) is 13.2 Å². The van der Waals surface area contributed by atoms with Crippen LogP contribution in [0.1, 0.15) is 27.6 Å². The lowest BCUT2D eigenvalue weighted by atomic mass is 10.2. The lowest BCUT2D eigenvalue weighted by Crippen LogP contribution is -2.20. The Kier molecular flexibility index (Phi) is 6.73. The molecular formula is C19H19NO6. The van der Waals surface area contributed by atoms with Gasteiger partial charge in [-0.3, -0.25) is 9.59 Å². The maximum Gasteiger partial charge on any atom is 0.338 e. The Labute approximate surface area is 150 Å². The number of carbonyl (C=O) groups is 3. The summed E-state index contributed by atoms with van der Waals surface area (Å²) in [5.74, 6) is -0.174. The summed E-state index contributed by atoms with van der Waals surface area (Å²) in [6.07, 6.45) is 0.690. The molecule has 0 fully saturated rings. The van der Waals surface area contributed by atoms with Gasteiger partial charge in [0.2, 0.25) is 0 Å². The first-order chi connectivity index (χ1) is 12.6. The van der Waals surface area contributed by atoms with E-state index >= 15 is 0 Å². The van der Waals surface area contributed by atoms with Gasteiger partial charge in [0.1, 0.15) is 6.29 Å². The minimum absolute atomic E-state index is 0.263. The average molecular weight is 357 g/mol. The summed E-state index contributed by atoms with van der Waals surface area (Å²) < 4.78 is 15.5. The summed E-state index contributed by atoms with van der Waals surface area (Å²) in [6.45, 7) is 1.73. The SMILES string of the molecule is CCOC(=O)c1cccc(NC(=O)COc2ccc(C=O)cc2OC)c1. The third-order valence-electron chi connectivity index (χ3n) is 3.34. The van der Waals surface area contributed by atoms with Crippen LogP contribution in [-0.2, 0) is 9.53 Å². The van der Waals surface area contributed by atoms with Crippen LogP contribution in [0.15, 0.2) is 42.5 Å². The van der Waals surface area contributed by atoms with Crippen molar-refractivity contribution in [3.05, 3.63) is 53.6 Å². The van der Waals surface area contributed by atoms with Crippen LogP contribution < -0.4 is 14.8 Å². The van der Waals surface area contributed by atoms with E-state index in [1.165, 1.54) is 19.2 Å². The fraction of sp³-hybridized carbons (Fsp3) is 0.211. The van der Waals surface area contributed by atoms with E-state index in [4.69, 9.17) is 14.2 Å². The van der Waals surface area contributed by atoms with Gasteiger partial charge in [-0.25, -0.2) is 4.79 Å². The summed E-state index contributed by atoms with van der Waals surface area (Å²) >= 11 is 0. The number of methoxy groups -OCH3 is 1. The van der Waals surface area contributed by atoms with Gasteiger partial charge in [0.15, 0.2) is 18.1 Å². The molecule has 0 heterocycles. The van der Waals surface area contributed by atoms with Crippen molar-refractivity contribution in [1.29, 1.82) is 0 Å². The van der Waals surface area contributed by atoms with Gasteiger partial charge in [-0.2, -0.15) is 0 Å². The van der Waals surface area contributed by atoms with Gasteiger partial charge in [0.05, 0.1) is 19.3 Å². The molecule has 0 saturated heterocycles. The van der Waals surface area contributed by atoms with E-state index in [9.17, 15) is 14.4 Å². The van der Waals surface area contributed by atoms with Gasteiger partial charge < -0.3 is 19.5 Å². The Morgan fingerprint density at radius 1 is 1.12 bits per heavy atom. The number of nitrogens with one attached hydrogen (secondary N) is 1. The number of rotatable bonds is 8. The molecule has 0 radical (unpaired) electrons. The van der Waals surface area contributed by atoms with Crippen LogP contribution in [-0.4, -0.2) is 38.5 Å². The number of amides is 1. The molecule has 1 amide bonds.